The van der Waals surface area contributed by atoms with Gasteiger partial charge in [0.15, 0.2) is 0 Å². The molecule has 0 bridgehead atoms. The minimum Gasteiger partial charge on any atom is -0.342 e. The van der Waals surface area contributed by atoms with Crippen LogP contribution in [-0.4, -0.2) is 47.8 Å². The second-order valence-electron chi connectivity index (χ2n) is 6.35. The molecule has 0 unspecified atom stereocenters. The summed E-state index contributed by atoms with van der Waals surface area (Å²) in [6.07, 6.45) is 4.38. The van der Waals surface area contributed by atoms with Crippen molar-refractivity contribution in [2.24, 2.45) is 5.41 Å². The molecule has 0 aromatic heterocycles. The number of nitrogens with zero attached hydrogens (tertiary/aromatic N) is 2. The highest BCUT2D eigenvalue weighted by Gasteiger charge is 2.31. The fraction of sp³-hybridized carbons (Fsp3) is 0.750. The normalized spacial score (nSPS) is 17.1. The van der Waals surface area contributed by atoms with Gasteiger partial charge in [0.25, 0.3) is 0 Å². The lowest BCUT2D eigenvalue weighted by atomic mass is 9.93. The predicted molar refractivity (Wildman–Crippen MR) is 81.3 cm³/mol. The van der Waals surface area contributed by atoms with Crippen LogP contribution >= 0.6 is 0 Å². The lowest BCUT2D eigenvalue weighted by Crippen LogP contribution is -2.37. The molecule has 114 valence electrons. The molecule has 20 heavy (non-hydrogen) atoms. The molecule has 1 saturated heterocycles. The van der Waals surface area contributed by atoms with Crippen LogP contribution < -0.4 is 0 Å². The van der Waals surface area contributed by atoms with Crippen molar-refractivity contribution < 1.29 is 9.59 Å². The molecule has 0 aromatic carbocycles. The highest BCUT2D eigenvalue weighted by Crippen LogP contribution is 2.29. The SMILES string of the molecule is C=CCC(=O)N(CCC)CCC(=O)N1CCC(C)(C)C1. The average Bonchev–Trinajstić information content (AvgIpc) is 2.74. The van der Waals surface area contributed by atoms with Gasteiger partial charge in [0.05, 0.1) is 0 Å². The van der Waals surface area contributed by atoms with E-state index in [2.05, 4.69) is 20.4 Å². The summed E-state index contributed by atoms with van der Waals surface area (Å²) in [6, 6.07) is 0. The zero-order chi connectivity index (χ0) is 15.2. The molecular weight excluding hydrogens is 252 g/mol. The Morgan fingerprint density at radius 1 is 1.35 bits per heavy atom. The maximum Gasteiger partial charge on any atom is 0.226 e. The van der Waals surface area contributed by atoms with Gasteiger partial charge in [0.2, 0.25) is 11.8 Å². The number of carbonyl (C=O) groups is 2. The van der Waals surface area contributed by atoms with Crippen LogP contribution in [0.5, 0.6) is 0 Å². The monoisotopic (exact) mass is 280 g/mol. The van der Waals surface area contributed by atoms with Crippen molar-refractivity contribution in [3.8, 4) is 0 Å². The number of hydrogen-bond acceptors (Lipinski definition) is 2. The van der Waals surface area contributed by atoms with Crippen molar-refractivity contribution in [1.82, 2.24) is 9.80 Å². The van der Waals surface area contributed by atoms with Gasteiger partial charge < -0.3 is 9.80 Å². The minimum absolute atomic E-state index is 0.0661. The second-order valence-corrected chi connectivity index (χ2v) is 6.35. The summed E-state index contributed by atoms with van der Waals surface area (Å²) in [7, 11) is 0. The topological polar surface area (TPSA) is 40.6 Å². The van der Waals surface area contributed by atoms with E-state index in [0.29, 0.717) is 25.9 Å². The summed E-state index contributed by atoms with van der Waals surface area (Å²) >= 11 is 0. The van der Waals surface area contributed by atoms with E-state index in [1.54, 1.807) is 11.0 Å². The van der Waals surface area contributed by atoms with E-state index in [-0.39, 0.29) is 17.2 Å². The summed E-state index contributed by atoms with van der Waals surface area (Å²) in [5, 5.41) is 0. The summed E-state index contributed by atoms with van der Waals surface area (Å²) in [6.45, 7) is 12.9. The molecule has 0 saturated carbocycles. The highest BCUT2D eigenvalue weighted by molar-refractivity contribution is 5.80. The summed E-state index contributed by atoms with van der Waals surface area (Å²) in [4.78, 5) is 27.8. The van der Waals surface area contributed by atoms with Gasteiger partial charge in [-0.25, -0.2) is 0 Å². The van der Waals surface area contributed by atoms with Crippen LogP contribution in [-0.2, 0) is 9.59 Å². The van der Waals surface area contributed by atoms with Gasteiger partial charge in [-0.2, -0.15) is 0 Å². The van der Waals surface area contributed by atoms with Crippen LogP contribution in [0.25, 0.3) is 0 Å². The number of amides is 2. The molecule has 4 heteroatoms. The van der Waals surface area contributed by atoms with Gasteiger partial charge >= 0.3 is 0 Å². The molecular formula is C16H28N2O2. The molecule has 4 nitrogen and oxygen atoms in total. The van der Waals surface area contributed by atoms with Crippen molar-refractivity contribution >= 4 is 11.8 Å². The molecule has 1 aliphatic heterocycles. The first-order valence-corrected chi connectivity index (χ1v) is 7.56. The molecule has 0 N–H and O–H groups in total. The lowest BCUT2D eigenvalue weighted by Gasteiger charge is -2.24. The van der Waals surface area contributed by atoms with Gasteiger partial charge in [0.1, 0.15) is 0 Å². The van der Waals surface area contributed by atoms with E-state index in [1.807, 2.05) is 11.8 Å². The van der Waals surface area contributed by atoms with Crippen molar-refractivity contribution in [2.75, 3.05) is 26.2 Å². The molecule has 0 aliphatic carbocycles. The van der Waals surface area contributed by atoms with Gasteiger partial charge in [0, 0.05) is 39.0 Å². The van der Waals surface area contributed by atoms with Crippen molar-refractivity contribution in [3.05, 3.63) is 12.7 Å². The number of likely N-dealkylation sites (tertiary alicyclic amines) is 1. The first kappa shape index (κ1) is 16.7. The Labute approximate surface area is 122 Å². The quantitative estimate of drug-likeness (QED) is 0.672. The van der Waals surface area contributed by atoms with E-state index >= 15 is 0 Å². The Balaban J connectivity index is 2.44. The maximum atomic E-state index is 12.2. The number of hydrogen-bond donors (Lipinski definition) is 0. The Bertz CT molecular complexity index is 363. The van der Waals surface area contributed by atoms with Crippen LogP contribution in [0.4, 0.5) is 0 Å². The Hall–Kier alpha value is -1.32. The van der Waals surface area contributed by atoms with E-state index < -0.39 is 0 Å². The first-order valence-electron chi connectivity index (χ1n) is 7.56. The second kappa shape index (κ2) is 7.46. The Morgan fingerprint density at radius 3 is 2.55 bits per heavy atom. The molecule has 1 heterocycles. The van der Waals surface area contributed by atoms with E-state index in [9.17, 15) is 9.59 Å². The molecule has 2 amide bonds. The fourth-order valence-electron chi connectivity index (χ4n) is 2.60. The number of rotatable bonds is 7. The van der Waals surface area contributed by atoms with Gasteiger partial charge in [-0.15, -0.1) is 6.58 Å². The van der Waals surface area contributed by atoms with Crippen molar-refractivity contribution in [3.63, 3.8) is 0 Å². The van der Waals surface area contributed by atoms with E-state index in [1.165, 1.54) is 0 Å². The summed E-state index contributed by atoms with van der Waals surface area (Å²) in [5.74, 6) is 0.236. The zero-order valence-electron chi connectivity index (χ0n) is 13.2. The molecule has 0 atom stereocenters. The van der Waals surface area contributed by atoms with Gasteiger partial charge in [-0.05, 0) is 18.3 Å². The molecule has 0 radical (unpaired) electrons. The number of carbonyl (C=O) groups excluding carboxylic acids is 2. The zero-order valence-corrected chi connectivity index (χ0v) is 13.2. The minimum atomic E-state index is 0.0661. The third kappa shape index (κ3) is 4.99. The third-order valence-electron chi connectivity index (χ3n) is 3.79. The van der Waals surface area contributed by atoms with E-state index in [0.717, 1.165) is 25.9 Å². The van der Waals surface area contributed by atoms with Crippen molar-refractivity contribution in [1.29, 1.82) is 0 Å². The van der Waals surface area contributed by atoms with Crippen molar-refractivity contribution in [2.45, 2.75) is 46.5 Å². The standard InChI is InChI=1S/C16H28N2O2/c1-5-7-14(19)17(10-6-2)11-8-15(20)18-12-9-16(3,4)13-18/h5H,1,6-13H2,2-4H3. The first-order chi connectivity index (χ1) is 9.39. The average molecular weight is 280 g/mol. The molecule has 1 rings (SSSR count). The van der Waals surface area contributed by atoms with E-state index in [4.69, 9.17) is 0 Å². The molecule has 0 spiro atoms. The molecule has 1 aliphatic rings. The van der Waals surface area contributed by atoms with Gasteiger partial charge in [-0.1, -0.05) is 26.8 Å². The largest absolute Gasteiger partial charge is 0.342 e. The van der Waals surface area contributed by atoms with Crippen LogP contribution in [0.2, 0.25) is 0 Å². The van der Waals surface area contributed by atoms with Crippen LogP contribution in [0.15, 0.2) is 12.7 Å². The summed E-state index contributed by atoms with van der Waals surface area (Å²) in [5.41, 5.74) is 0.234. The highest BCUT2D eigenvalue weighted by atomic mass is 16.2. The predicted octanol–water partition coefficient (Wildman–Crippen LogP) is 2.45. The smallest absolute Gasteiger partial charge is 0.226 e. The van der Waals surface area contributed by atoms with Crippen LogP contribution in [0, 0.1) is 5.41 Å². The van der Waals surface area contributed by atoms with Gasteiger partial charge in [-0.3, -0.25) is 9.59 Å². The Morgan fingerprint density at radius 2 is 2.05 bits per heavy atom. The van der Waals surface area contributed by atoms with Crippen LogP contribution in [0.1, 0.15) is 46.5 Å². The molecule has 0 aromatic rings. The summed E-state index contributed by atoms with van der Waals surface area (Å²) < 4.78 is 0. The Kier molecular flexibility index (Phi) is 6.24. The molecule has 1 fully saturated rings. The maximum absolute atomic E-state index is 12.2. The fourth-order valence-corrected chi connectivity index (χ4v) is 2.60. The lowest BCUT2D eigenvalue weighted by molar-refractivity contribution is -0.133. The third-order valence-corrected chi connectivity index (χ3v) is 3.79. The van der Waals surface area contributed by atoms with Crippen LogP contribution in [0.3, 0.4) is 0 Å².